The molecule has 27 heavy (non-hydrogen) atoms. The standard InChI is InChI=1S/C19H23N7O/c1-13-9-17-21-12-22-26(17)11-15(13)24-19-20-10-16-14(23-19)7-5-3-4-6-8-18(27)25(16)2/h9-12H,3-8H2,1-2H3,(H,20,23,24). The van der Waals surface area contributed by atoms with Crippen molar-refractivity contribution >= 4 is 28.9 Å². The Kier molecular flexibility index (Phi) is 4.70. The molecular formula is C19H23N7O. The van der Waals surface area contributed by atoms with Gasteiger partial charge in [0.25, 0.3) is 0 Å². The van der Waals surface area contributed by atoms with Gasteiger partial charge < -0.3 is 10.2 Å². The lowest BCUT2D eigenvalue weighted by Crippen LogP contribution is -2.28. The third kappa shape index (κ3) is 3.60. The van der Waals surface area contributed by atoms with Crippen molar-refractivity contribution in [2.24, 2.45) is 0 Å². The third-order valence-electron chi connectivity index (χ3n) is 5.00. The molecule has 8 nitrogen and oxygen atoms in total. The van der Waals surface area contributed by atoms with Crippen LogP contribution in [-0.4, -0.2) is 37.5 Å². The maximum Gasteiger partial charge on any atom is 0.227 e. The van der Waals surface area contributed by atoms with E-state index in [9.17, 15) is 4.79 Å². The van der Waals surface area contributed by atoms with Gasteiger partial charge in [0.1, 0.15) is 6.33 Å². The zero-order chi connectivity index (χ0) is 18.8. The fourth-order valence-electron chi connectivity index (χ4n) is 3.37. The van der Waals surface area contributed by atoms with E-state index in [1.165, 1.54) is 6.33 Å². The summed E-state index contributed by atoms with van der Waals surface area (Å²) in [5, 5.41) is 7.45. The van der Waals surface area contributed by atoms with Crippen LogP contribution in [0.1, 0.15) is 43.4 Å². The van der Waals surface area contributed by atoms with E-state index in [1.54, 1.807) is 15.6 Å². The maximum absolute atomic E-state index is 12.4. The van der Waals surface area contributed by atoms with E-state index in [4.69, 9.17) is 4.98 Å². The fourth-order valence-corrected chi connectivity index (χ4v) is 3.37. The molecule has 0 saturated carbocycles. The molecule has 0 saturated heterocycles. The summed E-state index contributed by atoms with van der Waals surface area (Å²) in [6.07, 6.45) is 10.8. The van der Waals surface area contributed by atoms with Crippen molar-refractivity contribution in [1.29, 1.82) is 0 Å². The van der Waals surface area contributed by atoms with Gasteiger partial charge in [0.05, 0.1) is 29.5 Å². The van der Waals surface area contributed by atoms with Gasteiger partial charge in [-0.3, -0.25) is 4.79 Å². The molecule has 4 heterocycles. The molecule has 8 heteroatoms. The largest absolute Gasteiger partial charge is 0.323 e. The van der Waals surface area contributed by atoms with Crippen LogP contribution in [0.2, 0.25) is 0 Å². The Balaban J connectivity index is 1.65. The van der Waals surface area contributed by atoms with E-state index in [1.807, 2.05) is 26.2 Å². The Labute approximate surface area is 157 Å². The lowest BCUT2D eigenvalue weighted by atomic mass is 10.1. The quantitative estimate of drug-likeness (QED) is 0.751. The average molecular weight is 365 g/mol. The highest BCUT2D eigenvalue weighted by molar-refractivity contribution is 5.93. The minimum absolute atomic E-state index is 0.120. The summed E-state index contributed by atoms with van der Waals surface area (Å²) in [6.45, 7) is 2.00. The van der Waals surface area contributed by atoms with Gasteiger partial charge in [0.15, 0.2) is 5.65 Å². The first-order chi connectivity index (χ1) is 13.1. The number of nitrogens with one attached hydrogen (secondary N) is 1. The van der Waals surface area contributed by atoms with E-state index < -0.39 is 0 Å². The van der Waals surface area contributed by atoms with Gasteiger partial charge in [-0.05, 0) is 37.8 Å². The van der Waals surface area contributed by atoms with Gasteiger partial charge in [-0.2, -0.15) is 5.10 Å². The van der Waals surface area contributed by atoms with Crippen molar-refractivity contribution in [3.8, 4) is 0 Å². The molecule has 0 fully saturated rings. The second kappa shape index (κ2) is 7.30. The molecule has 140 valence electrons. The summed E-state index contributed by atoms with van der Waals surface area (Å²) in [5.74, 6) is 0.643. The Morgan fingerprint density at radius 2 is 1.93 bits per heavy atom. The van der Waals surface area contributed by atoms with Crippen LogP contribution in [-0.2, 0) is 11.2 Å². The second-order valence-electron chi connectivity index (χ2n) is 6.95. The van der Waals surface area contributed by atoms with Crippen LogP contribution >= 0.6 is 0 Å². The molecule has 0 aliphatic carbocycles. The van der Waals surface area contributed by atoms with Crippen molar-refractivity contribution in [1.82, 2.24) is 24.6 Å². The minimum Gasteiger partial charge on any atom is -0.323 e. The molecule has 0 atom stereocenters. The lowest BCUT2D eigenvalue weighted by Gasteiger charge is -2.21. The molecule has 1 aliphatic rings. The number of carbonyl (C=O) groups excluding carboxylic acids is 1. The summed E-state index contributed by atoms with van der Waals surface area (Å²) in [7, 11) is 1.81. The monoisotopic (exact) mass is 365 g/mol. The van der Waals surface area contributed by atoms with Crippen LogP contribution in [0.5, 0.6) is 0 Å². The highest BCUT2D eigenvalue weighted by atomic mass is 16.2. The van der Waals surface area contributed by atoms with Crippen LogP contribution in [0.15, 0.2) is 24.8 Å². The van der Waals surface area contributed by atoms with Crippen LogP contribution in [0.4, 0.5) is 17.3 Å². The number of rotatable bonds is 2. The van der Waals surface area contributed by atoms with Crippen molar-refractivity contribution < 1.29 is 4.79 Å². The molecule has 0 unspecified atom stereocenters. The number of hydrogen-bond donors (Lipinski definition) is 1. The predicted octanol–water partition coefficient (Wildman–Crippen LogP) is 3.04. The molecule has 3 aromatic heterocycles. The predicted molar refractivity (Wildman–Crippen MR) is 103 cm³/mol. The first kappa shape index (κ1) is 17.4. The van der Waals surface area contributed by atoms with Crippen LogP contribution in [0.3, 0.4) is 0 Å². The zero-order valence-electron chi connectivity index (χ0n) is 15.6. The summed E-state index contributed by atoms with van der Waals surface area (Å²) in [6, 6.07) is 1.96. The van der Waals surface area contributed by atoms with Gasteiger partial charge in [-0.1, -0.05) is 12.8 Å². The number of hydrogen-bond acceptors (Lipinski definition) is 6. The number of carbonyl (C=O) groups is 1. The van der Waals surface area contributed by atoms with E-state index in [-0.39, 0.29) is 5.91 Å². The van der Waals surface area contributed by atoms with E-state index in [2.05, 4.69) is 20.4 Å². The number of anilines is 3. The van der Waals surface area contributed by atoms with Crippen molar-refractivity contribution in [2.45, 2.75) is 45.4 Å². The average Bonchev–Trinajstić information content (AvgIpc) is 3.11. The topological polar surface area (TPSA) is 88.3 Å². The van der Waals surface area contributed by atoms with Crippen LogP contribution < -0.4 is 10.2 Å². The van der Waals surface area contributed by atoms with Gasteiger partial charge in [0.2, 0.25) is 11.9 Å². The molecule has 0 radical (unpaired) electrons. The lowest BCUT2D eigenvalue weighted by molar-refractivity contribution is -0.118. The van der Waals surface area contributed by atoms with Gasteiger partial charge in [0, 0.05) is 13.5 Å². The molecule has 1 aliphatic heterocycles. The number of nitrogens with zero attached hydrogens (tertiary/aromatic N) is 6. The number of fused-ring (bicyclic) bond motifs is 2. The fraction of sp³-hybridized carbons (Fsp3) is 0.421. The van der Waals surface area contributed by atoms with Gasteiger partial charge >= 0.3 is 0 Å². The number of aromatic nitrogens is 5. The number of aryl methyl sites for hydroxylation is 2. The molecule has 3 aromatic rings. The van der Waals surface area contributed by atoms with Crippen LogP contribution in [0, 0.1) is 6.92 Å². The molecule has 4 rings (SSSR count). The Bertz CT molecular complexity index is 981. The summed E-state index contributed by atoms with van der Waals surface area (Å²) in [4.78, 5) is 27.4. The molecular weight excluding hydrogens is 342 g/mol. The maximum atomic E-state index is 12.4. The first-order valence-electron chi connectivity index (χ1n) is 9.31. The number of amides is 1. The van der Waals surface area contributed by atoms with Crippen molar-refractivity contribution in [3.05, 3.63) is 36.0 Å². The summed E-state index contributed by atoms with van der Waals surface area (Å²) in [5.41, 5.74) is 4.41. The van der Waals surface area contributed by atoms with Gasteiger partial charge in [-0.15, -0.1) is 0 Å². The van der Waals surface area contributed by atoms with Crippen LogP contribution in [0.25, 0.3) is 5.65 Å². The highest BCUT2D eigenvalue weighted by Gasteiger charge is 2.18. The van der Waals surface area contributed by atoms with Crippen molar-refractivity contribution in [2.75, 3.05) is 17.3 Å². The van der Waals surface area contributed by atoms with E-state index in [0.29, 0.717) is 12.4 Å². The molecule has 0 bridgehead atoms. The second-order valence-corrected chi connectivity index (χ2v) is 6.95. The van der Waals surface area contributed by atoms with E-state index >= 15 is 0 Å². The summed E-state index contributed by atoms with van der Waals surface area (Å²) < 4.78 is 1.71. The Hall–Kier alpha value is -3.03. The normalized spacial score (nSPS) is 15.6. The molecule has 0 aromatic carbocycles. The Morgan fingerprint density at radius 1 is 1.11 bits per heavy atom. The molecule has 1 N–H and O–H groups in total. The third-order valence-corrected chi connectivity index (χ3v) is 5.00. The molecule has 1 amide bonds. The smallest absolute Gasteiger partial charge is 0.227 e. The zero-order valence-corrected chi connectivity index (χ0v) is 15.6. The number of pyridine rings is 1. The minimum atomic E-state index is 0.120. The first-order valence-corrected chi connectivity index (χ1v) is 9.31. The highest BCUT2D eigenvalue weighted by Crippen LogP contribution is 2.25. The Morgan fingerprint density at radius 3 is 2.78 bits per heavy atom. The molecule has 0 spiro atoms. The van der Waals surface area contributed by atoms with Gasteiger partial charge in [-0.25, -0.2) is 19.5 Å². The van der Waals surface area contributed by atoms with E-state index in [0.717, 1.165) is 60.4 Å². The SMILES string of the molecule is Cc1cc2ncnn2cc1Nc1ncc2c(n1)CCCCCCC(=O)N2C. The summed E-state index contributed by atoms with van der Waals surface area (Å²) >= 11 is 0. The van der Waals surface area contributed by atoms with Crippen molar-refractivity contribution in [3.63, 3.8) is 0 Å².